The predicted octanol–water partition coefficient (Wildman–Crippen LogP) is 3.09. The molecule has 0 unspecified atom stereocenters. The van der Waals surface area contributed by atoms with Crippen LogP contribution in [0.1, 0.15) is 11.1 Å². The first kappa shape index (κ1) is 11.3. The molecular weight excluding hydrogens is 292 g/mol. The molecule has 0 atom stereocenters. The first-order valence-electron chi connectivity index (χ1n) is 5.56. The first-order valence-corrected chi connectivity index (χ1v) is 6.35. The highest BCUT2D eigenvalue weighted by molar-refractivity contribution is 9.10. The predicted molar refractivity (Wildman–Crippen MR) is 73.3 cm³/mol. The summed E-state index contributed by atoms with van der Waals surface area (Å²) < 4.78 is 0.868. The summed E-state index contributed by atoms with van der Waals surface area (Å²) in [7, 11) is 0. The number of ketones is 1. The average Bonchev–Trinajstić information content (AvgIpc) is 2.39. The number of Topliss-reactive ketones (excluding diaryl/α,β-unsaturated/α-hetero) is 1. The molecule has 0 bridgehead atoms. The highest BCUT2D eigenvalue weighted by atomic mass is 79.9. The Morgan fingerprint density at radius 1 is 1.17 bits per heavy atom. The van der Waals surface area contributed by atoms with Crippen LogP contribution in [0, 0.1) is 0 Å². The number of hydrogen-bond acceptors (Lipinski definition) is 3. The first-order chi connectivity index (χ1) is 8.74. The van der Waals surface area contributed by atoms with Crippen LogP contribution < -0.4 is 0 Å². The fourth-order valence-electron chi connectivity index (χ4n) is 1.95. The smallest absolute Gasteiger partial charge is 0.186 e. The van der Waals surface area contributed by atoms with E-state index in [-0.39, 0.29) is 5.78 Å². The molecular formula is C14H9BrN2O. The second kappa shape index (κ2) is 4.46. The zero-order valence-electron chi connectivity index (χ0n) is 9.43. The molecule has 1 aromatic heterocycles. The number of nitrogens with zero attached hydrogens (tertiary/aromatic N) is 2. The maximum Gasteiger partial charge on any atom is 0.186 e. The quantitative estimate of drug-likeness (QED) is 0.812. The number of rotatable bonds is 1. The van der Waals surface area contributed by atoms with Gasteiger partial charge < -0.3 is 0 Å². The third kappa shape index (κ3) is 1.99. The van der Waals surface area contributed by atoms with Crippen LogP contribution in [0.4, 0.5) is 5.82 Å². The molecule has 0 N–H and O–H groups in total. The SMILES string of the molecule is O=C1Cc2cc(Br)cnc2N=C1c1ccccc1. The molecule has 0 fully saturated rings. The van der Waals surface area contributed by atoms with Crippen molar-refractivity contribution in [3.63, 3.8) is 0 Å². The van der Waals surface area contributed by atoms with Crippen molar-refractivity contribution >= 4 is 33.2 Å². The van der Waals surface area contributed by atoms with E-state index in [1.807, 2.05) is 36.4 Å². The van der Waals surface area contributed by atoms with Crippen LogP contribution in [-0.2, 0) is 11.2 Å². The highest BCUT2D eigenvalue weighted by Gasteiger charge is 2.22. The third-order valence-electron chi connectivity index (χ3n) is 2.79. The van der Waals surface area contributed by atoms with Gasteiger partial charge in [-0.2, -0.15) is 0 Å². The number of pyridine rings is 1. The van der Waals surface area contributed by atoms with Gasteiger partial charge in [0, 0.05) is 28.2 Å². The van der Waals surface area contributed by atoms with Crippen LogP contribution in [0.3, 0.4) is 0 Å². The monoisotopic (exact) mass is 300 g/mol. The van der Waals surface area contributed by atoms with Crippen LogP contribution in [0.2, 0.25) is 0 Å². The number of carbonyl (C=O) groups is 1. The second-order valence-corrected chi connectivity index (χ2v) is 4.98. The summed E-state index contributed by atoms with van der Waals surface area (Å²) in [5.74, 6) is 0.672. The number of halogens is 1. The molecule has 1 aliphatic rings. The average molecular weight is 301 g/mol. The summed E-state index contributed by atoms with van der Waals surface area (Å²) in [6, 6.07) is 11.4. The Morgan fingerprint density at radius 2 is 1.94 bits per heavy atom. The van der Waals surface area contributed by atoms with Gasteiger partial charge >= 0.3 is 0 Å². The summed E-state index contributed by atoms with van der Waals surface area (Å²) in [5, 5.41) is 0. The Bertz CT molecular complexity index is 650. The molecule has 2 heterocycles. The van der Waals surface area contributed by atoms with Crippen molar-refractivity contribution in [1.29, 1.82) is 0 Å². The van der Waals surface area contributed by atoms with Crippen LogP contribution in [-0.4, -0.2) is 16.5 Å². The van der Waals surface area contributed by atoms with Crippen molar-refractivity contribution in [3.8, 4) is 0 Å². The fourth-order valence-corrected chi connectivity index (χ4v) is 2.33. The van der Waals surface area contributed by atoms with E-state index in [1.165, 1.54) is 0 Å². The third-order valence-corrected chi connectivity index (χ3v) is 3.22. The summed E-state index contributed by atoms with van der Waals surface area (Å²) in [5.41, 5.74) is 2.21. The van der Waals surface area contributed by atoms with Gasteiger partial charge in [-0.25, -0.2) is 9.98 Å². The molecule has 1 aliphatic heterocycles. The van der Waals surface area contributed by atoms with Gasteiger partial charge in [0.05, 0.1) is 0 Å². The standard InChI is InChI=1S/C14H9BrN2O/c15-11-6-10-7-12(18)13(17-14(10)16-8-11)9-4-2-1-3-5-9/h1-6,8H,7H2. The Hall–Kier alpha value is -1.81. The minimum absolute atomic E-state index is 0.0357. The van der Waals surface area contributed by atoms with Crippen LogP contribution in [0.15, 0.2) is 52.1 Å². The molecule has 0 saturated carbocycles. The van der Waals surface area contributed by atoms with E-state index in [0.717, 1.165) is 15.6 Å². The molecule has 0 saturated heterocycles. The molecule has 2 aromatic rings. The minimum Gasteiger partial charge on any atom is -0.292 e. The van der Waals surface area contributed by atoms with Gasteiger partial charge in [0.15, 0.2) is 11.6 Å². The lowest BCUT2D eigenvalue weighted by Gasteiger charge is -2.13. The maximum atomic E-state index is 12.1. The zero-order chi connectivity index (χ0) is 12.5. The van der Waals surface area contributed by atoms with Crippen LogP contribution in [0.5, 0.6) is 0 Å². The molecule has 18 heavy (non-hydrogen) atoms. The molecule has 3 nitrogen and oxygen atoms in total. The van der Waals surface area contributed by atoms with Crippen LogP contribution >= 0.6 is 15.9 Å². The molecule has 0 spiro atoms. The van der Waals surface area contributed by atoms with Crippen molar-refractivity contribution < 1.29 is 4.79 Å². The van der Waals surface area contributed by atoms with E-state index >= 15 is 0 Å². The van der Waals surface area contributed by atoms with Crippen LogP contribution in [0.25, 0.3) is 0 Å². The van der Waals surface area contributed by atoms with Gasteiger partial charge in [0.2, 0.25) is 0 Å². The van der Waals surface area contributed by atoms with E-state index in [4.69, 9.17) is 0 Å². The van der Waals surface area contributed by atoms with Crippen molar-refractivity contribution in [2.24, 2.45) is 4.99 Å². The van der Waals surface area contributed by atoms with Gasteiger partial charge in [-0.15, -0.1) is 0 Å². The molecule has 88 valence electrons. The van der Waals surface area contributed by atoms with E-state index in [2.05, 4.69) is 25.9 Å². The molecule has 0 aliphatic carbocycles. The van der Waals surface area contributed by atoms with Gasteiger partial charge in [-0.3, -0.25) is 4.79 Å². The summed E-state index contributed by atoms with van der Waals surface area (Å²) >= 11 is 3.35. The molecule has 1 aromatic carbocycles. The molecule has 0 radical (unpaired) electrons. The van der Waals surface area contributed by atoms with E-state index < -0.39 is 0 Å². The van der Waals surface area contributed by atoms with E-state index in [0.29, 0.717) is 18.0 Å². The minimum atomic E-state index is 0.0357. The molecule has 4 heteroatoms. The van der Waals surface area contributed by atoms with Gasteiger partial charge in [0.25, 0.3) is 0 Å². The Kier molecular flexibility index (Phi) is 2.80. The summed E-state index contributed by atoms with van der Waals surface area (Å²) in [4.78, 5) is 20.7. The van der Waals surface area contributed by atoms with E-state index in [1.54, 1.807) is 6.20 Å². The number of aliphatic imine (C=N–C) groups is 1. The lowest BCUT2D eigenvalue weighted by molar-refractivity contribution is -0.112. The largest absolute Gasteiger partial charge is 0.292 e. The number of hydrogen-bond donors (Lipinski definition) is 0. The summed E-state index contributed by atoms with van der Waals surface area (Å²) in [6.45, 7) is 0. The van der Waals surface area contributed by atoms with Gasteiger partial charge in [-0.1, -0.05) is 30.3 Å². The van der Waals surface area contributed by atoms with Crippen molar-refractivity contribution in [1.82, 2.24) is 4.98 Å². The van der Waals surface area contributed by atoms with Gasteiger partial charge in [-0.05, 0) is 22.0 Å². The Balaban J connectivity index is 2.12. The molecule has 3 rings (SSSR count). The lowest BCUT2D eigenvalue weighted by Crippen LogP contribution is -2.21. The normalized spacial score (nSPS) is 14.1. The van der Waals surface area contributed by atoms with E-state index in [9.17, 15) is 4.79 Å². The van der Waals surface area contributed by atoms with Crippen molar-refractivity contribution in [2.75, 3.05) is 0 Å². The highest BCUT2D eigenvalue weighted by Crippen LogP contribution is 2.26. The number of aromatic nitrogens is 1. The topological polar surface area (TPSA) is 42.3 Å². The Labute approximate surface area is 113 Å². The van der Waals surface area contributed by atoms with Crippen molar-refractivity contribution in [2.45, 2.75) is 6.42 Å². The number of benzene rings is 1. The summed E-state index contributed by atoms with van der Waals surface area (Å²) in [6.07, 6.45) is 2.05. The fraction of sp³-hybridized carbons (Fsp3) is 0.0714. The van der Waals surface area contributed by atoms with Gasteiger partial charge in [0.1, 0.15) is 5.71 Å². The van der Waals surface area contributed by atoms with Crippen molar-refractivity contribution in [3.05, 3.63) is 58.2 Å². The number of carbonyl (C=O) groups excluding carboxylic acids is 1. The lowest BCUT2D eigenvalue weighted by atomic mass is 9.98. The molecule has 0 amide bonds. The number of fused-ring (bicyclic) bond motifs is 1. The maximum absolute atomic E-state index is 12.1. The Morgan fingerprint density at radius 3 is 2.72 bits per heavy atom. The zero-order valence-corrected chi connectivity index (χ0v) is 11.0. The second-order valence-electron chi connectivity index (χ2n) is 4.06.